The van der Waals surface area contributed by atoms with Crippen LogP contribution in [0.25, 0.3) is 0 Å². The molecule has 9 nitrogen and oxygen atoms in total. The second-order valence-corrected chi connectivity index (χ2v) is 9.76. The molecule has 1 unspecified atom stereocenters. The summed E-state index contributed by atoms with van der Waals surface area (Å²) >= 11 is 0. The van der Waals surface area contributed by atoms with Gasteiger partial charge in [-0.25, -0.2) is 22.1 Å². The lowest BCUT2D eigenvalue weighted by Crippen LogP contribution is -2.58. The van der Waals surface area contributed by atoms with E-state index in [4.69, 9.17) is 10.3 Å². The van der Waals surface area contributed by atoms with Crippen molar-refractivity contribution in [2.45, 2.75) is 37.0 Å². The molecule has 2 aliphatic rings. The molecule has 2 heterocycles. The molecule has 1 fully saturated rings. The number of hydrogen-bond donors (Lipinski definition) is 2. The number of guanidine groups is 1. The number of halogens is 1. The second-order valence-electron chi connectivity index (χ2n) is 7.48. The molecule has 154 valence electrons. The molecular weight excluding hydrogens is 401 g/mol. The van der Waals surface area contributed by atoms with E-state index in [2.05, 4.69) is 15.5 Å². The van der Waals surface area contributed by atoms with Crippen LogP contribution in [-0.4, -0.2) is 41.5 Å². The zero-order valence-corrected chi connectivity index (χ0v) is 16.9. The largest absolute Gasteiger partial charge is 0.369 e. The van der Waals surface area contributed by atoms with Crippen molar-refractivity contribution in [1.82, 2.24) is 9.46 Å². The fourth-order valence-corrected chi connectivity index (χ4v) is 5.93. The van der Waals surface area contributed by atoms with Crippen molar-refractivity contribution < 1.29 is 22.1 Å². The number of carbonyl (C=O) groups is 1. The summed E-state index contributed by atoms with van der Waals surface area (Å²) in [6, 6.07) is 5.40. The molecule has 1 saturated carbocycles. The lowest BCUT2D eigenvalue weighted by Gasteiger charge is -2.42. The van der Waals surface area contributed by atoms with E-state index in [9.17, 15) is 17.6 Å². The third kappa shape index (κ3) is 2.64. The Labute approximate surface area is 166 Å². The van der Waals surface area contributed by atoms with Crippen molar-refractivity contribution in [3.63, 3.8) is 0 Å². The van der Waals surface area contributed by atoms with Gasteiger partial charge in [0.2, 0.25) is 16.0 Å². The van der Waals surface area contributed by atoms with Crippen molar-refractivity contribution in [3.8, 4) is 0 Å². The summed E-state index contributed by atoms with van der Waals surface area (Å²) in [6.07, 6.45) is 0.669. The summed E-state index contributed by atoms with van der Waals surface area (Å²) in [4.78, 5) is 16.7. The van der Waals surface area contributed by atoms with Crippen LogP contribution in [0.5, 0.6) is 0 Å². The lowest BCUT2D eigenvalue weighted by molar-refractivity contribution is 0.101. The van der Waals surface area contributed by atoms with Gasteiger partial charge in [0.1, 0.15) is 21.9 Å². The molecule has 29 heavy (non-hydrogen) atoms. The topological polar surface area (TPSA) is 131 Å². The van der Waals surface area contributed by atoms with Crippen molar-refractivity contribution in [3.05, 3.63) is 47.1 Å². The summed E-state index contributed by atoms with van der Waals surface area (Å²) in [5.74, 6) is -0.911. The van der Waals surface area contributed by atoms with Gasteiger partial charge in [-0.2, -0.15) is 0 Å². The van der Waals surface area contributed by atoms with Crippen LogP contribution in [0, 0.1) is 12.7 Å². The smallest absolute Gasteiger partial charge is 0.277 e. The van der Waals surface area contributed by atoms with E-state index in [0.29, 0.717) is 18.6 Å². The first-order valence-electron chi connectivity index (χ1n) is 8.90. The molecule has 0 radical (unpaired) electrons. The van der Waals surface area contributed by atoms with Crippen LogP contribution < -0.4 is 11.1 Å². The minimum atomic E-state index is -3.83. The first-order chi connectivity index (χ1) is 13.5. The SMILES string of the molecule is Cc1cc(C(=O)Nc2ccc(F)c(C3(C)N=C(N)N(C)S(=O)(=O)C34CC4)c2)no1. The van der Waals surface area contributed by atoms with Crippen molar-refractivity contribution in [2.75, 3.05) is 12.4 Å². The van der Waals surface area contributed by atoms with E-state index >= 15 is 0 Å². The maximum atomic E-state index is 14.9. The molecule has 4 rings (SSSR count). The number of aliphatic imine (C=N–C) groups is 1. The predicted octanol–water partition coefficient (Wildman–Crippen LogP) is 1.71. The monoisotopic (exact) mass is 421 g/mol. The summed E-state index contributed by atoms with van der Waals surface area (Å²) < 4.78 is 45.4. The number of amides is 1. The van der Waals surface area contributed by atoms with Gasteiger partial charge in [-0.05, 0) is 44.9 Å². The molecule has 1 aromatic carbocycles. The van der Waals surface area contributed by atoms with Gasteiger partial charge in [-0.1, -0.05) is 5.16 Å². The highest BCUT2D eigenvalue weighted by molar-refractivity contribution is 7.91. The van der Waals surface area contributed by atoms with Gasteiger partial charge in [0.15, 0.2) is 5.69 Å². The van der Waals surface area contributed by atoms with Crippen LogP contribution in [0.2, 0.25) is 0 Å². The van der Waals surface area contributed by atoms with Gasteiger partial charge in [-0.3, -0.25) is 4.79 Å². The van der Waals surface area contributed by atoms with E-state index in [1.807, 2.05) is 0 Å². The number of anilines is 1. The molecule has 0 saturated heterocycles. The average Bonchev–Trinajstić information content (AvgIpc) is 3.38. The first-order valence-corrected chi connectivity index (χ1v) is 10.3. The quantitative estimate of drug-likeness (QED) is 0.776. The molecule has 1 aliphatic carbocycles. The van der Waals surface area contributed by atoms with Crippen LogP contribution in [-0.2, 0) is 15.6 Å². The zero-order valence-electron chi connectivity index (χ0n) is 16.1. The number of nitrogens with two attached hydrogens (primary N) is 1. The second kappa shape index (κ2) is 6.02. The third-order valence-corrected chi connectivity index (χ3v) is 8.42. The van der Waals surface area contributed by atoms with Crippen LogP contribution in [0.4, 0.5) is 10.1 Å². The van der Waals surface area contributed by atoms with Crippen molar-refractivity contribution in [1.29, 1.82) is 0 Å². The Morgan fingerprint density at radius 3 is 2.62 bits per heavy atom. The van der Waals surface area contributed by atoms with Gasteiger partial charge >= 0.3 is 0 Å². The molecule has 11 heteroatoms. The molecule has 2 aromatic rings. The van der Waals surface area contributed by atoms with Gasteiger partial charge < -0.3 is 15.6 Å². The highest BCUT2D eigenvalue weighted by atomic mass is 32.2. The third-order valence-electron chi connectivity index (χ3n) is 5.72. The van der Waals surface area contributed by atoms with Crippen LogP contribution in [0.3, 0.4) is 0 Å². The summed E-state index contributed by atoms with van der Waals surface area (Å²) in [5.41, 5.74) is 4.81. The maximum absolute atomic E-state index is 14.9. The highest BCUT2D eigenvalue weighted by Crippen LogP contribution is 2.60. The molecular formula is C18H20FN5O4S. The minimum Gasteiger partial charge on any atom is -0.369 e. The standard InChI is InChI=1S/C18H20FN5O4S/c1-10-8-14(23-28-10)15(25)21-11-4-5-13(19)12(9-11)17(2)18(6-7-18)29(26,27)24(3)16(20)22-17/h4-5,8-9H,6-7H2,1-3H3,(H2,20,22)(H,21,25). The highest BCUT2D eigenvalue weighted by Gasteiger charge is 2.70. The number of aromatic nitrogens is 1. The van der Waals surface area contributed by atoms with Gasteiger partial charge in [0, 0.05) is 24.4 Å². The molecule has 1 spiro atoms. The Hall–Kier alpha value is -2.95. The van der Waals surface area contributed by atoms with Crippen molar-refractivity contribution >= 4 is 27.6 Å². The summed E-state index contributed by atoms with van der Waals surface area (Å²) in [5, 5.41) is 6.26. The predicted molar refractivity (Wildman–Crippen MR) is 103 cm³/mol. The maximum Gasteiger partial charge on any atom is 0.277 e. The Balaban J connectivity index is 1.77. The normalized spacial score (nSPS) is 24.3. The van der Waals surface area contributed by atoms with Gasteiger partial charge in [0.05, 0.1) is 0 Å². The van der Waals surface area contributed by atoms with E-state index < -0.39 is 32.0 Å². The lowest BCUT2D eigenvalue weighted by atomic mass is 9.86. The Morgan fingerprint density at radius 2 is 2.03 bits per heavy atom. The number of hydrogen-bond acceptors (Lipinski definition) is 7. The average molecular weight is 421 g/mol. The fourth-order valence-electron chi connectivity index (χ4n) is 3.85. The Morgan fingerprint density at radius 1 is 1.34 bits per heavy atom. The molecule has 1 aliphatic heterocycles. The number of carbonyl (C=O) groups excluding carboxylic acids is 1. The number of rotatable bonds is 3. The van der Waals surface area contributed by atoms with Gasteiger partial charge in [0.25, 0.3) is 5.91 Å². The molecule has 1 atom stereocenters. The molecule has 3 N–H and O–H groups in total. The van der Waals surface area contributed by atoms with E-state index in [-0.39, 0.29) is 22.9 Å². The van der Waals surface area contributed by atoms with Crippen LogP contribution in [0.15, 0.2) is 33.8 Å². The number of nitrogens with one attached hydrogen (secondary N) is 1. The minimum absolute atomic E-state index is 0.0451. The summed E-state index contributed by atoms with van der Waals surface area (Å²) in [6.45, 7) is 3.21. The van der Waals surface area contributed by atoms with E-state index in [1.54, 1.807) is 13.8 Å². The zero-order chi connectivity index (χ0) is 21.2. The summed E-state index contributed by atoms with van der Waals surface area (Å²) in [7, 11) is -2.49. The number of nitrogens with zero attached hydrogens (tertiary/aromatic N) is 3. The number of aryl methyl sites for hydroxylation is 1. The van der Waals surface area contributed by atoms with Gasteiger partial charge in [-0.15, -0.1) is 0 Å². The Bertz CT molecular complexity index is 1150. The van der Waals surface area contributed by atoms with Crippen LogP contribution >= 0.6 is 0 Å². The fraction of sp³-hybridized carbons (Fsp3) is 0.389. The molecule has 0 bridgehead atoms. The number of benzene rings is 1. The Kier molecular flexibility index (Phi) is 4.02. The molecule has 1 aromatic heterocycles. The van der Waals surface area contributed by atoms with E-state index in [0.717, 1.165) is 10.4 Å². The van der Waals surface area contributed by atoms with Crippen molar-refractivity contribution in [2.24, 2.45) is 10.7 Å². The first kappa shape index (κ1) is 19.4. The molecule has 1 amide bonds. The van der Waals surface area contributed by atoms with E-state index in [1.165, 1.54) is 25.2 Å². The van der Waals surface area contributed by atoms with Crippen LogP contribution in [0.1, 0.15) is 41.6 Å². The number of sulfonamides is 1.